The molecule has 1 fully saturated rings. The van der Waals surface area contributed by atoms with Crippen molar-refractivity contribution >= 4 is 11.8 Å². The molecule has 6 nitrogen and oxygen atoms in total. The molecule has 2 aromatic rings. The van der Waals surface area contributed by atoms with Crippen LogP contribution in [0.3, 0.4) is 0 Å². The third-order valence-corrected chi connectivity index (χ3v) is 5.24. The second kappa shape index (κ2) is 8.60. The largest absolute Gasteiger partial charge is 0.338 e. The Balaban J connectivity index is 1.45. The summed E-state index contributed by atoms with van der Waals surface area (Å²) in [5.41, 5.74) is 1.13. The van der Waals surface area contributed by atoms with Gasteiger partial charge >= 0.3 is 0 Å². The Morgan fingerprint density at radius 3 is 2.58 bits per heavy atom. The summed E-state index contributed by atoms with van der Waals surface area (Å²) in [6.45, 7) is 10.1. The van der Waals surface area contributed by atoms with Crippen molar-refractivity contribution in [2.45, 2.75) is 32.2 Å². The van der Waals surface area contributed by atoms with Gasteiger partial charge in [0.1, 0.15) is 0 Å². The first-order valence-electron chi connectivity index (χ1n) is 8.53. The summed E-state index contributed by atoms with van der Waals surface area (Å²) in [7, 11) is 0. The second-order valence-corrected chi connectivity index (χ2v) is 7.64. The van der Waals surface area contributed by atoms with Crippen molar-refractivity contribution in [2.24, 2.45) is 0 Å². The molecule has 7 heteroatoms. The number of hydrogen-bond acceptors (Lipinski definition) is 7. The first kappa shape index (κ1) is 17.4. The van der Waals surface area contributed by atoms with Gasteiger partial charge in [-0.3, -0.25) is 14.8 Å². The van der Waals surface area contributed by atoms with Crippen molar-refractivity contribution in [3.05, 3.63) is 41.8 Å². The normalized spacial score (nSPS) is 17.9. The number of hydrogen-bond donors (Lipinski definition) is 0. The zero-order chi connectivity index (χ0) is 16.8. The number of nitrogens with zero attached hydrogens (tertiary/aromatic N) is 5. The average molecular weight is 347 g/mol. The summed E-state index contributed by atoms with van der Waals surface area (Å²) in [4.78, 5) is 13.8. The van der Waals surface area contributed by atoms with E-state index < -0.39 is 0 Å². The van der Waals surface area contributed by atoms with E-state index in [1.165, 1.54) is 0 Å². The van der Waals surface area contributed by atoms with Crippen LogP contribution in [0, 0.1) is 0 Å². The molecule has 3 heterocycles. The van der Waals surface area contributed by atoms with Crippen LogP contribution < -0.4 is 0 Å². The molecule has 24 heavy (non-hydrogen) atoms. The molecular weight excluding hydrogens is 322 g/mol. The van der Waals surface area contributed by atoms with E-state index in [4.69, 9.17) is 4.52 Å². The molecule has 0 aliphatic carbocycles. The molecule has 0 amide bonds. The quantitative estimate of drug-likeness (QED) is 0.763. The highest BCUT2D eigenvalue weighted by molar-refractivity contribution is 7.99. The predicted molar refractivity (Wildman–Crippen MR) is 95.6 cm³/mol. The van der Waals surface area contributed by atoms with Gasteiger partial charge < -0.3 is 4.52 Å². The van der Waals surface area contributed by atoms with Crippen molar-refractivity contribution in [1.82, 2.24) is 24.9 Å². The summed E-state index contributed by atoms with van der Waals surface area (Å²) in [6.07, 6.45) is 1.86. The van der Waals surface area contributed by atoms with Gasteiger partial charge in [0.25, 0.3) is 0 Å². The smallest absolute Gasteiger partial charge is 0.240 e. The number of piperazine rings is 1. The molecule has 0 radical (unpaired) electrons. The van der Waals surface area contributed by atoms with Crippen LogP contribution in [0.15, 0.2) is 28.9 Å². The molecule has 3 rings (SSSR count). The first-order valence-corrected chi connectivity index (χ1v) is 9.58. The summed E-state index contributed by atoms with van der Waals surface area (Å²) in [5, 5.41) is 4.41. The van der Waals surface area contributed by atoms with E-state index in [1.807, 2.05) is 30.1 Å². The van der Waals surface area contributed by atoms with Crippen molar-refractivity contribution in [3.63, 3.8) is 0 Å². The molecule has 1 aliphatic rings. The maximum absolute atomic E-state index is 5.42. The van der Waals surface area contributed by atoms with Gasteiger partial charge in [0.05, 0.1) is 17.5 Å². The Bertz CT molecular complexity index is 612. The highest BCUT2D eigenvalue weighted by atomic mass is 32.2. The van der Waals surface area contributed by atoms with Crippen molar-refractivity contribution in [2.75, 3.05) is 31.9 Å². The molecule has 1 unspecified atom stereocenters. The van der Waals surface area contributed by atoms with E-state index in [1.54, 1.807) is 0 Å². The van der Waals surface area contributed by atoms with Crippen LogP contribution in [0.2, 0.25) is 0 Å². The summed E-state index contributed by atoms with van der Waals surface area (Å²) in [5.74, 6) is 2.60. The van der Waals surface area contributed by atoms with E-state index >= 15 is 0 Å². The number of thioether (sulfide) groups is 1. The zero-order valence-electron chi connectivity index (χ0n) is 14.4. The lowest BCUT2D eigenvalue weighted by Gasteiger charge is -2.33. The summed E-state index contributed by atoms with van der Waals surface area (Å²) >= 11 is 1.83. The molecule has 0 N–H and O–H groups in total. The van der Waals surface area contributed by atoms with Crippen LogP contribution in [-0.4, -0.2) is 56.9 Å². The third kappa shape index (κ3) is 4.78. The van der Waals surface area contributed by atoms with Crippen molar-refractivity contribution in [3.8, 4) is 0 Å². The molecule has 0 spiro atoms. The molecule has 0 aromatic carbocycles. The average Bonchev–Trinajstić information content (AvgIpc) is 3.06. The zero-order valence-corrected chi connectivity index (χ0v) is 15.2. The van der Waals surface area contributed by atoms with Crippen molar-refractivity contribution in [1.29, 1.82) is 0 Å². The fourth-order valence-electron chi connectivity index (χ4n) is 2.84. The SMILES string of the molecule is CCSC(C)c1noc(CN2CCN(Cc3ccccn3)CC2)n1. The van der Waals surface area contributed by atoms with Crippen LogP contribution in [0.5, 0.6) is 0 Å². The topological polar surface area (TPSA) is 58.3 Å². The van der Waals surface area contributed by atoms with E-state index in [-0.39, 0.29) is 0 Å². The van der Waals surface area contributed by atoms with Gasteiger partial charge in [0.2, 0.25) is 5.89 Å². The molecular formula is C17H25N5OS. The lowest BCUT2D eigenvalue weighted by molar-refractivity contribution is 0.111. The van der Waals surface area contributed by atoms with Gasteiger partial charge in [-0.1, -0.05) is 18.1 Å². The Hall–Kier alpha value is -1.44. The van der Waals surface area contributed by atoms with Gasteiger partial charge in [-0.25, -0.2) is 0 Å². The maximum Gasteiger partial charge on any atom is 0.240 e. The van der Waals surface area contributed by atoms with Crippen molar-refractivity contribution < 1.29 is 4.52 Å². The molecule has 1 saturated heterocycles. The summed E-state index contributed by atoms with van der Waals surface area (Å²) < 4.78 is 5.42. The van der Waals surface area contributed by atoms with E-state index in [9.17, 15) is 0 Å². The lowest BCUT2D eigenvalue weighted by atomic mass is 10.2. The molecule has 130 valence electrons. The minimum Gasteiger partial charge on any atom is -0.338 e. The minimum absolute atomic E-state index is 0.294. The molecule has 2 aromatic heterocycles. The van der Waals surface area contributed by atoms with Crippen LogP contribution in [0.4, 0.5) is 0 Å². The fraction of sp³-hybridized carbons (Fsp3) is 0.588. The number of aromatic nitrogens is 3. The highest BCUT2D eigenvalue weighted by Gasteiger charge is 2.20. The predicted octanol–water partition coefficient (Wildman–Crippen LogP) is 2.60. The standard InChI is InChI=1S/C17H25N5OS/c1-3-24-14(2)17-19-16(23-20-17)13-22-10-8-21(9-11-22)12-15-6-4-5-7-18-15/h4-7,14H,3,8-13H2,1-2H3. The monoisotopic (exact) mass is 347 g/mol. The Morgan fingerprint density at radius 1 is 1.17 bits per heavy atom. The minimum atomic E-state index is 0.294. The van der Waals surface area contributed by atoms with Crippen LogP contribution >= 0.6 is 11.8 Å². The van der Waals surface area contributed by atoms with Crippen LogP contribution in [0.25, 0.3) is 0 Å². The van der Waals surface area contributed by atoms with Crippen LogP contribution in [0.1, 0.15) is 36.5 Å². The second-order valence-electron chi connectivity index (χ2n) is 6.02. The maximum atomic E-state index is 5.42. The first-order chi connectivity index (χ1) is 11.7. The number of rotatable bonds is 7. The molecule has 0 bridgehead atoms. The highest BCUT2D eigenvalue weighted by Crippen LogP contribution is 2.25. The molecule has 1 aliphatic heterocycles. The van der Waals surface area contributed by atoms with Gasteiger partial charge in [-0.15, -0.1) is 0 Å². The van der Waals surface area contributed by atoms with Gasteiger partial charge in [0.15, 0.2) is 5.82 Å². The van der Waals surface area contributed by atoms with E-state index in [0.717, 1.165) is 62.4 Å². The van der Waals surface area contributed by atoms with Gasteiger partial charge in [0, 0.05) is 38.9 Å². The molecule has 1 atom stereocenters. The van der Waals surface area contributed by atoms with E-state index in [0.29, 0.717) is 5.25 Å². The van der Waals surface area contributed by atoms with Crippen LogP contribution in [-0.2, 0) is 13.1 Å². The summed E-state index contributed by atoms with van der Waals surface area (Å²) in [6, 6.07) is 6.09. The fourth-order valence-corrected chi connectivity index (χ4v) is 3.58. The van der Waals surface area contributed by atoms with Gasteiger partial charge in [-0.2, -0.15) is 16.7 Å². The van der Waals surface area contributed by atoms with Gasteiger partial charge in [-0.05, 0) is 24.8 Å². The third-order valence-electron chi connectivity index (χ3n) is 4.20. The number of pyridine rings is 1. The Kier molecular flexibility index (Phi) is 6.23. The molecule has 0 saturated carbocycles. The Morgan fingerprint density at radius 2 is 1.92 bits per heavy atom. The van der Waals surface area contributed by atoms with E-state index in [2.05, 4.69) is 44.8 Å². The lowest BCUT2D eigenvalue weighted by Crippen LogP contribution is -2.45. The Labute approximate surface area is 147 Å².